The summed E-state index contributed by atoms with van der Waals surface area (Å²) in [5.41, 5.74) is 2.80. The number of aromatic nitrogens is 2. The summed E-state index contributed by atoms with van der Waals surface area (Å²) in [5.74, 6) is -0.598. The molecule has 1 amide bonds. The lowest BCUT2D eigenvalue weighted by atomic mass is 9.98. The molecule has 2 aromatic heterocycles. The molecule has 1 aromatic carbocycles. The Morgan fingerprint density at radius 2 is 2.17 bits per heavy atom. The average Bonchev–Trinajstić information content (AvgIpc) is 3.25. The first kappa shape index (κ1) is 18.7. The van der Waals surface area contributed by atoms with Gasteiger partial charge in [0.1, 0.15) is 5.75 Å². The number of pyridine rings is 1. The first-order chi connectivity index (χ1) is 14.0. The molecule has 1 aliphatic heterocycles. The molecule has 1 atom stereocenters. The number of aromatic amines is 1. The van der Waals surface area contributed by atoms with Crippen LogP contribution in [0.3, 0.4) is 0 Å². The number of ether oxygens (including phenoxy) is 1. The summed E-state index contributed by atoms with van der Waals surface area (Å²) in [6, 6.07) is 8.67. The lowest BCUT2D eigenvalue weighted by Gasteiger charge is -2.26. The number of aliphatic hydroxyl groups is 1. The predicted octanol–water partition coefficient (Wildman–Crippen LogP) is 3.10. The number of ketones is 1. The third-order valence-electron chi connectivity index (χ3n) is 5.28. The van der Waals surface area contributed by atoms with Crippen LogP contribution < -0.4 is 4.74 Å². The van der Waals surface area contributed by atoms with Crippen LogP contribution in [0.5, 0.6) is 5.75 Å². The first-order valence-electron chi connectivity index (χ1n) is 9.30. The highest BCUT2D eigenvalue weighted by atomic mass is 16.5. The van der Waals surface area contributed by atoms with Crippen molar-refractivity contribution in [3.8, 4) is 5.75 Å². The summed E-state index contributed by atoms with van der Waals surface area (Å²) in [5, 5.41) is 11.4. The third-order valence-corrected chi connectivity index (χ3v) is 5.28. The number of nitrogens with one attached hydrogen (secondary N) is 1. The number of carbonyl (C=O) groups is 2. The van der Waals surface area contributed by atoms with Crippen LogP contribution in [-0.2, 0) is 16.0 Å². The number of aliphatic hydroxyl groups excluding tert-OH is 1. The molecule has 2 N–H and O–H groups in total. The molecule has 0 bridgehead atoms. The largest absolute Gasteiger partial charge is 0.503 e. The highest BCUT2D eigenvalue weighted by molar-refractivity contribution is 6.08. The van der Waals surface area contributed by atoms with E-state index in [1.165, 1.54) is 11.8 Å². The minimum atomic E-state index is -0.645. The van der Waals surface area contributed by atoms with Crippen LogP contribution in [0.25, 0.3) is 10.9 Å². The van der Waals surface area contributed by atoms with E-state index in [-0.39, 0.29) is 11.4 Å². The molecule has 148 valence electrons. The molecule has 0 fully saturated rings. The van der Waals surface area contributed by atoms with Crippen LogP contribution >= 0.6 is 0 Å². The zero-order valence-electron chi connectivity index (χ0n) is 16.2. The van der Waals surface area contributed by atoms with Gasteiger partial charge in [0.2, 0.25) is 0 Å². The number of rotatable bonds is 6. The van der Waals surface area contributed by atoms with E-state index in [4.69, 9.17) is 4.74 Å². The standard InChI is InChI=1S/C22H21N3O4/c1-13(26)19-20(15-4-3-8-23-11-15)25(22(28)21(19)27)9-7-14-12-24-18-6-5-16(29-2)10-17(14)18/h3-6,8,10-12,20,24,27H,7,9H2,1-2H3/t20-/m0/s1. The van der Waals surface area contributed by atoms with Gasteiger partial charge in [0.25, 0.3) is 5.91 Å². The Labute approximate surface area is 167 Å². The SMILES string of the molecule is COc1ccc2[nH]cc(CCN3C(=O)C(O)=C(C(C)=O)[C@@H]3c3cccnc3)c2c1. The topological polar surface area (TPSA) is 95.5 Å². The fourth-order valence-electron chi connectivity index (χ4n) is 3.86. The molecule has 0 saturated carbocycles. The molecule has 3 aromatic rings. The molecular weight excluding hydrogens is 370 g/mol. The summed E-state index contributed by atoms with van der Waals surface area (Å²) >= 11 is 0. The molecule has 3 heterocycles. The van der Waals surface area contributed by atoms with E-state index in [0.717, 1.165) is 22.2 Å². The molecule has 0 unspecified atom stereocenters. The van der Waals surface area contributed by atoms with E-state index in [1.54, 1.807) is 31.6 Å². The maximum absolute atomic E-state index is 12.7. The van der Waals surface area contributed by atoms with Gasteiger partial charge in [-0.3, -0.25) is 14.6 Å². The highest BCUT2D eigenvalue weighted by Crippen LogP contribution is 2.37. The van der Waals surface area contributed by atoms with E-state index in [2.05, 4.69) is 9.97 Å². The summed E-state index contributed by atoms with van der Waals surface area (Å²) < 4.78 is 5.31. The molecule has 0 aliphatic carbocycles. The van der Waals surface area contributed by atoms with Crippen molar-refractivity contribution in [1.29, 1.82) is 0 Å². The number of carbonyl (C=O) groups excluding carboxylic acids is 2. The molecule has 0 spiro atoms. The highest BCUT2D eigenvalue weighted by Gasteiger charge is 2.42. The number of fused-ring (bicyclic) bond motifs is 1. The second-order valence-electron chi connectivity index (χ2n) is 6.98. The van der Waals surface area contributed by atoms with Crippen LogP contribution in [0, 0.1) is 0 Å². The number of methoxy groups -OCH3 is 1. The van der Waals surface area contributed by atoms with Gasteiger partial charge >= 0.3 is 0 Å². The second-order valence-corrected chi connectivity index (χ2v) is 6.98. The van der Waals surface area contributed by atoms with Gasteiger partial charge in [-0.25, -0.2) is 0 Å². The van der Waals surface area contributed by atoms with Crippen molar-refractivity contribution in [2.75, 3.05) is 13.7 Å². The van der Waals surface area contributed by atoms with Crippen molar-refractivity contribution in [2.24, 2.45) is 0 Å². The maximum atomic E-state index is 12.7. The van der Waals surface area contributed by atoms with Gasteiger partial charge in [-0.1, -0.05) is 6.07 Å². The molecule has 7 nitrogen and oxygen atoms in total. The van der Waals surface area contributed by atoms with Crippen LogP contribution in [0.1, 0.15) is 24.1 Å². The quantitative estimate of drug-likeness (QED) is 0.673. The Hall–Kier alpha value is -3.61. The van der Waals surface area contributed by atoms with Crippen LogP contribution in [0.2, 0.25) is 0 Å². The molecule has 29 heavy (non-hydrogen) atoms. The van der Waals surface area contributed by atoms with Crippen molar-refractivity contribution in [1.82, 2.24) is 14.9 Å². The Kier molecular flexibility index (Phi) is 4.80. The van der Waals surface area contributed by atoms with Crippen molar-refractivity contribution >= 4 is 22.6 Å². The number of hydrogen-bond acceptors (Lipinski definition) is 5. The lowest BCUT2D eigenvalue weighted by molar-refractivity contribution is -0.129. The zero-order chi connectivity index (χ0) is 20.5. The Morgan fingerprint density at radius 1 is 1.34 bits per heavy atom. The Bertz CT molecular complexity index is 1120. The number of H-pyrrole nitrogens is 1. The Morgan fingerprint density at radius 3 is 2.86 bits per heavy atom. The smallest absolute Gasteiger partial charge is 0.290 e. The number of nitrogens with zero attached hydrogens (tertiary/aromatic N) is 2. The average molecular weight is 391 g/mol. The fourth-order valence-corrected chi connectivity index (χ4v) is 3.86. The number of amides is 1. The van der Waals surface area contributed by atoms with Crippen molar-refractivity contribution in [2.45, 2.75) is 19.4 Å². The predicted molar refractivity (Wildman–Crippen MR) is 108 cm³/mol. The van der Waals surface area contributed by atoms with Gasteiger partial charge in [0.05, 0.1) is 18.7 Å². The second kappa shape index (κ2) is 7.43. The van der Waals surface area contributed by atoms with E-state index in [1.807, 2.05) is 24.4 Å². The van der Waals surface area contributed by atoms with Gasteiger partial charge in [0, 0.05) is 36.0 Å². The summed E-state index contributed by atoms with van der Waals surface area (Å²) in [4.78, 5) is 33.8. The van der Waals surface area contributed by atoms with E-state index in [0.29, 0.717) is 18.5 Å². The maximum Gasteiger partial charge on any atom is 0.290 e. The molecular formula is C22H21N3O4. The zero-order valence-corrected chi connectivity index (χ0v) is 16.2. The first-order valence-corrected chi connectivity index (χ1v) is 9.30. The number of Topliss-reactive ketones (excluding diaryl/α,β-unsaturated/α-hetero) is 1. The third kappa shape index (κ3) is 3.24. The van der Waals surface area contributed by atoms with Gasteiger partial charge in [0.15, 0.2) is 11.5 Å². The van der Waals surface area contributed by atoms with Gasteiger partial charge < -0.3 is 19.7 Å². The lowest BCUT2D eigenvalue weighted by Crippen LogP contribution is -2.33. The molecule has 0 saturated heterocycles. The van der Waals surface area contributed by atoms with Crippen LogP contribution in [0.15, 0.2) is 60.3 Å². The Balaban J connectivity index is 1.65. The van der Waals surface area contributed by atoms with Crippen LogP contribution in [-0.4, -0.2) is 45.3 Å². The summed E-state index contributed by atoms with van der Waals surface area (Å²) in [6.45, 7) is 1.70. The molecule has 4 rings (SSSR count). The van der Waals surface area contributed by atoms with Crippen LogP contribution in [0.4, 0.5) is 0 Å². The van der Waals surface area contributed by atoms with Gasteiger partial charge in [-0.15, -0.1) is 0 Å². The normalized spacial score (nSPS) is 16.7. The van der Waals surface area contributed by atoms with E-state index >= 15 is 0 Å². The van der Waals surface area contributed by atoms with Gasteiger partial charge in [-0.05, 0) is 48.7 Å². The molecule has 1 aliphatic rings. The molecule has 7 heteroatoms. The van der Waals surface area contributed by atoms with Crippen molar-refractivity contribution in [3.63, 3.8) is 0 Å². The molecule has 0 radical (unpaired) electrons. The van der Waals surface area contributed by atoms with E-state index < -0.39 is 17.7 Å². The van der Waals surface area contributed by atoms with Crippen molar-refractivity contribution in [3.05, 3.63) is 71.4 Å². The minimum Gasteiger partial charge on any atom is -0.503 e. The number of hydrogen-bond donors (Lipinski definition) is 2. The van der Waals surface area contributed by atoms with E-state index in [9.17, 15) is 14.7 Å². The minimum absolute atomic E-state index is 0.114. The van der Waals surface area contributed by atoms with Crippen molar-refractivity contribution < 1.29 is 19.4 Å². The van der Waals surface area contributed by atoms with Gasteiger partial charge in [-0.2, -0.15) is 0 Å². The summed E-state index contributed by atoms with van der Waals surface area (Å²) in [7, 11) is 1.62. The summed E-state index contributed by atoms with van der Waals surface area (Å²) in [6.07, 6.45) is 5.70. The number of benzene rings is 1. The monoisotopic (exact) mass is 391 g/mol. The fraction of sp³-hybridized carbons (Fsp3) is 0.227.